The molecule has 5 nitrogen and oxygen atoms in total. The Bertz CT molecular complexity index is 775. The van der Waals surface area contributed by atoms with Crippen molar-refractivity contribution in [2.45, 2.75) is 39.0 Å². The van der Waals surface area contributed by atoms with Gasteiger partial charge in [-0.3, -0.25) is 14.9 Å². The minimum Gasteiger partial charge on any atom is -0.349 e. The number of carbonyl (C=O) groups excluding carboxylic acids is 1. The molecule has 1 amide bonds. The lowest BCUT2D eigenvalue weighted by Gasteiger charge is -2.20. The van der Waals surface area contributed by atoms with Crippen LogP contribution in [0.2, 0.25) is 0 Å². The molecule has 0 aliphatic heterocycles. The highest BCUT2D eigenvalue weighted by Crippen LogP contribution is 2.22. The lowest BCUT2D eigenvalue weighted by molar-refractivity contribution is -0.384. The third kappa shape index (κ3) is 5.59. The minimum absolute atomic E-state index is 0.00346. The third-order valence-corrected chi connectivity index (χ3v) is 5.20. The molecule has 0 saturated carbocycles. The van der Waals surface area contributed by atoms with E-state index in [1.165, 1.54) is 35.0 Å². The average Bonchev–Trinajstić information content (AvgIpc) is 2.60. The van der Waals surface area contributed by atoms with Crippen LogP contribution in [0.15, 0.2) is 42.5 Å². The van der Waals surface area contributed by atoms with Crippen LogP contribution in [0.1, 0.15) is 41.6 Å². The van der Waals surface area contributed by atoms with Crippen molar-refractivity contribution in [2.75, 3.05) is 5.75 Å². The summed E-state index contributed by atoms with van der Waals surface area (Å²) < 4.78 is 0. The fourth-order valence-electron chi connectivity index (χ4n) is 2.83. The number of carbonyl (C=O) groups is 1. The summed E-state index contributed by atoms with van der Waals surface area (Å²) in [7, 11) is 0. The molecule has 6 heteroatoms. The summed E-state index contributed by atoms with van der Waals surface area (Å²) in [5.41, 5.74) is 4.61. The van der Waals surface area contributed by atoms with Crippen LogP contribution in [-0.2, 0) is 10.5 Å². The van der Waals surface area contributed by atoms with E-state index < -0.39 is 4.92 Å². The zero-order chi connectivity index (χ0) is 19.1. The third-order valence-electron chi connectivity index (χ3n) is 4.19. The van der Waals surface area contributed by atoms with Crippen LogP contribution in [0.5, 0.6) is 0 Å². The van der Waals surface area contributed by atoms with Crippen LogP contribution < -0.4 is 5.32 Å². The molecule has 0 spiro atoms. The number of amides is 1. The van der Waals surface area contributed by atoms with E-state index in [2.05, 4.69) is 44.3 Å². The Morgan fingerprint density at radius 3 is 2.46 bits per heavy atom. The van der Waals surface area contributed by atoms with Crippen LogP contribution >= 0.6 is 11.8 Å². The number of hydrogen-bond donors (Lipinski definition) is 1. The molecule has 1 unspecified atom stereocenters. The number of thioether (sulfide) groups is 1. The van der Waals surface area contributed by atoms with Gasteiger partial charge in [0.05, 0.1) is 16.7 Å². The van der Waals surface area contributed by atoms with Gasteiger partial charge in [-0.05, 0) is 37.0 Å². The SMILES string of the molecule is CCC(NC(=O)CSCc1ccc([N+](=O)[O-])cc1)c1ccc(C)cc1C. The predicted molar refractivity (Wildman–Crippen MR) is 106 cm³/mol. The number of benzene rings is 2. The molecule has 0 heterocycles. The molecule has 0 radical (unpaired) electrons. The van der Waals surface area contributed by atoms with Crippen molar-refractivity contribution < 1.29 is 9.72 Å². The highest BCUT2D eigenvalue weighted by Gasteiger charge is 2.15. The first-order valence-electron chi connectivity index (χ1n) is 8.58. The van der Waals surface area contributed by atoms with Gasteiger partial charge in [-0.15, -0.1) is 11.8 Å². The van der Waals surface area contributed by atoms with Crippen LogP contribution in [0.4, 0.5) is 5.69 Å². The van der Waals surface area contributed by atoms with Gasteiger partial charge in [0.15, 0.2) is 0 Å². The van der Waals surface area contributed by atoms with Gasteiger partial charge < -0.3 is 5.32 Å². The van der Waals surface area contributed by atoms with Crippen molar-refractivity contribution in [3.05, 3.63) is 74.8 Å². The Labute approximate surface area is 158 Å². The van der Waals surface area contributed by atoms with Gasteiger partial charge in [0.2, 0.25) is 5.91 Å². The number of nitrogens with one attached hydrogen (secondary N) is 1. The number of aryl methyl sites for hydroxylation is 2. The second-order valence-corrected chi connectivity index (χ2v) is 7.29. The van der Waals surface area contributed by atoms with Crippen molar-refractivity contribution in [3.63, 3.8) is 0 Å². The van der Waals surface area contributed by atoms with E-state index in [9.17, 15) is 14.9 Å². The van der Waals surface area contributed by atoms with Crippen LogP contribution in [0.3, 0.4) is 0 Å². The van der Waals surface area contributed by atoms with Crippen LogP contribution in [0, 0.1) is 24.0 Å². The molecule has 138 valence electrons. The number of rotatable bonds is 8. The summed E-state index contributed by atoms with van der Waals surface area (Å²) in [6.45, 7) is 6.19. The van der Waals surface area contributed by atoms with E-state index >= 15 is 0 Å². The van der Waals surface area contributed by atoms with Crippen LogP contribution in [0.25, 0.3) is 0 Å². The summed E-state index contributed by atoms with van der Waals surface area (Å²) in [5.74, 6) is 1.01. The first-order chi connectivity index (χ1) is 12.4. The van der Waals surface area contributed by atoms with Gasteiger partial charge in [0.25, 0.3) is 5.69 Å². The summed E-state index contributed by atoms with van der Waals surface area (Å²) >= 11 is 1.50. The Morgan fingerprint density at radius 1 is 1.19 bits per heavy atom. The smallest absolute Gasteiger partial charge is 0.269 e. The molecule has 2 rings (SSSR count). The lowest BCUT2D eigenvalue weighted by Crippen LogP contribution is -2.30. The monoisotopic (exact) mass is 372 g/mol. The molecule has 1 atom stereocenters. The highest BCUT2D eigenvalue weighted by molar-refractivity contribution is 7.99. The minimum atomic E-state index is -0.414. The Kier molecular flexibility index (Phi) is 7.21. The second-order valence-electron chi connectivity index (χ2n) is 6.30. The predicted octanol–water partition coefficient (Wildman–Crippen LogP) is 4.71. The topological polar surface area (TPSA) is 72.2 Å². The molecule has 0 bridgehead atoms. The van der Waals surface area contributed by atoms with E-state index in [0.717, 1.165) is 17.5 Å². The first-order valence-corrected chi connectivity index (χ1v) is 9.73. The Morgan fingerprint density at radius 2 is 1.88 bits per heavy atom. The fraction of sp³-hybridized carbons (Fsp3) is 0.350. The zero-order valence-corrected chi connectivity index (χ0v) is 16.1. The van der Waals surface area contributed by atoms with Gasteiger partial charge >= 0.3 is 0 Å². The van der Waals surface area contributed by atoms with E-state index in [1.807, 2.05) is 0 Å². The highest BCUT2D eigenvalue weighted by atomic mass is 32.2. The largest absolute Gasteiger partial charge is 0.349 e. The molecule has 0 fully saturated rings. The maximum Gasteiger partial charge on any atom is 0.269 e. The molecule has 2 aromatic rings. The summed E-state index contributed by atoms with van der Waals surface area (Å²) in [4.78, 5) is 22.5. The fourth-order valence-corrected chi connectivity index (χ4v) is 3.63. The number of nitro benzene ring substituents is 1. The quantitative estimate of drug-likeness (QED) is 0.538. The number of hydrogen-bond acceptors (Lipinski definition) is 4. The summed E-state index contributed by atoms with van der Waals surface area (Å²) in [6.07, 6.45) is 0.836. The standard InChI is InChI=1S/C20H24N2O3S/c1-4-19(18-10-5-14(2)11-15(18)3)21-20(23)13-26-12-16-6-8-17(9-7-16)22(24)25/h5-11,19H,4,12-13H2,1-3H3,(H,21,23). The van der Waals surface area contributed by atoms with Gasteiger partial charge in [0.1, 0.15) is 0 Å². The molecule has 0 saturated heterocycles. The van der Waals surface area contributed by atoms with Crippen LogP contribution in [-0.4, -0.2) is 16.6 Å². The van der Waals surface area contributed by atoms with E-state index in [-0.39, 0.29) is 17.6 Å². The van der Waals surface area contributed by atoms with Crippen molar-refractivity contribution in [3.8, 4) is 0 Å². The Balaban J connectivity index is 1.86. The molecule has 0 aliphatic carbocycles. The van der Waals surface area contributed by atoms with Crippen molar-refractivity contribution in [2.24, 2.45) is 0 Å². The normalized spacial score (nSPS) is 11.8. The van der Waals surface area contributed by atoms with Gasteiger partial charge in [-0.1, -0.05) is 42.8 Å². The number of non-ortho nitro benzene ring substituents is 1. The molecule has 0 aromatic heterocycles. The van der Waals surface area contributed by atoms with Gasteiger partial charge in [-0.25, -0.2) is 0 Å². The second kappa shape index (κ2) is 9.38. The molecular formula is C20H24N2O3S. The lowest BCUT2D eigenvalue weighted by atomic mass is 9.97. The summed E-state index contributed by atoms with van der Waals surface area (Å²) in [6, 6.07) is 12.7. The maximum atomic E-state index is 12.3. The van der Waals surface area contributed by atoms with Gasteiger partial charge in [-0.2, -0.15) is 0 Å². The molecular weight excluding hydrogens is 348 g/mol. The number of nitro groups is 1. The average molecular weight is 372 g/mol. The maximum absolute atomic E-state index is 12.3. The molecule has 26 heavy (non-hydrogen) atoms. The molecule has 2 aromatic carbocycles. The molecule has 1 N–H and O–H groups in total. The van der Waals surface area contributed by atoms with Crippen molar-refractivity contribution in [1.82, 2.24) is 5.32 Å². The molecule has 0 aliphatic rings. The van der Waals surface area contributed by atoms with E-state index in [0.29, 0.717) is 11.5 Å². The Hall–Kier alpha value is -2.34. The first kappa shape index (κ1) is 20.0. The van der Waals surface area contributed by atoms with E-state index in [4.69, 9.17) is 0 Å². The van der Waals surface area contributed by atoms with Crippen molar-refractivity contribution >= 4 is 23.4 Å². The van der Waals surface area contributed by atoms with Crippen molar-refractivity contribution in [1.29, 1.82) is 0 Å². The van der Waals surface area contributed by atoms with E-state index in [1.54, 1.807) is 12.1 Å². The number of nitrogens with zero attached hydrogens (tertiary/aromatic N) is 1. The van der Waals surface area contributed by atoms with Gasteiger partial charge in [0, 0.05) is 17.9 Å². The summed E-state index contributed by atoms with van der Waals surface area (Å²) in [5, 5.41) is 13.8. The zero-order valence-electron chi connectivity index (χ0n) is 15.3.